The van der Waals surface area contributed by atoms with E-state index in [1.54, 1.807) is 33.5 Å². The predicted octanol–water partition coefficient (Wildman–Crippen LogP) is 4.06. The second kappa shape index (κ2) is 8.85. The summed E-state index contributed by atoms with van der Waals surface area (Å²) in [6.45, 7) is 4.39. The number of rotatable bonds is 8. The van der Waals surface area contributed by atoms with E-state index in [1.165, 1.54) is 11.8 Å². The molecule has 1 aliphatic carbocycles. The summed E-state index contributed by atoms with van der Waals surface area (Å²) in [7, 11) is 4.78. The van der Waals surface area contributed by atoms with Crippen LogP contribution in [0.3, 0.4) is 0 Å². The molecule has 160 valence electrons. The van der Waals surface area contributed by atoms with Crippen LogP contribution in [0, 0.1) is 0 Å². The summed E-state index contributed by atoms with van der Waals surface area (Å²) >= 11 is 1.42. The maximum Gasteiger partial charge on any atom is 0.192 e. The topological polar surface area (TPSA) is 75.5 Å². The van der Waals surface area contributed by atoms with Crippen LogP contribution in [0.4, 0.5) is 0 Å². The van der Waals surface area contributed by atoms with Gasteiger partial charge in [0.2, 0.25) is 0 Å². The quantitative estimate of drug-likeness (QED) is 0.492. The molecule has 4 rings (SSSR count). The fourth-order valence-corrected chi connectivity index (χ4v) is 4.76. The van der Waals surface area contributed by atoms with E-state index in [2.05, 4.69) is 16.8 Å². The molecule has 0 aliphatic heterocycles. The smallest absolute Gasteiger partial charge is 0.192 e. The number of hydrogen-bond acceptors (Lipinski definition) is 7. The van der Waals surface area contributed by atoms with Crippen LogP contribution in [-0.2, 0) is 13.0 Å². The largest absolute Gasteiger partial charge is 0.497 e. The third kappa shape index (κ3) is 3.90. The number of carbonyl (C=O) groups is 1. The van der Waals surface area contributed by atoms with Gasteiger partial charge in [0.1, 0.15) is 5.75 Å². The first-order valence-electron chi connectivity index (χ1n) is 9.73. The molecule has 31 heavy (non-hydrogen) atoms. The molecular formula is C23H23N3O4S. The summed E-state index contributed by atoms with van der Waals surface area (Å²) in [4.78, 5) is 13.1. The number of carbonyl (C=O) groups excluding carboxylic acids is 1. The molecule has 1 heterocycles. The molecule has 8 heteroatoms. The highest BCUT2D eigenvalue weighted by Gasteiger charge is 2.34. The minimum absolute atomic E-state index is 0.0557. The van der Waals surface area contributed by atoms with Crippen molar-refractivity contribution >= 4 is 17.5 Å². The van der Waals surface area contributed by atoms with Gasteiger partial charge in [-0.1, -0.05) is 17.8 Å². The Morgan fingerprint density at radius 3 is 2.45 bits per heavy atom. The Morgan fingerprint density at radius 1 is 1.10 bits per heavy atom. The Balaban J connectivity index is 1.62. The van der Waals surface area contributed by atoms with Gasteiger partial charge in [0.15, 0.2) is 28.3 Å². The van der Waals surface area contributed by atoms with Crippen LogP contribution in [0.2, 0.25) is 0 Å². The van der Waals surface area contributed by atoms with Gasteiger partial charge in [0.05, 0.1) is 26.6 Å². The van der Waals surface area contributed by atoms with Gasteiger partial charge in [-0.15, -0.1) is 16.8 Å². The van der Waals surface area contributed by atoms with E-state index in [9.17, 15) is 4.79 Å². The zero-order valence-electron chi connectivity index (χ0n) is 17.6. The minimum Gasteiger partial charge on any atom is -0.497 e. The number of ether oxygens (including phenoxy) is 3. The molecule has 0 unspecified atom stereocenters. The standard InChI is InChI=1S/C23H23N3O4S/c1-5-10-26-22(14-6-8-16(28-2)9-7-14)24-25-23(26)31-20-12-15-11-18(29-3)19(30-4)13-17(15)21(20)27/h5-9,11,13,20H,1,10,12H2,2-4H3/t20-/m0/s1. The first-order valence-corrected chi connectivity index (χ1v) is 10.6. The van der Waals surface area contributed by atoms with Crippen molar-refractivity contribution in [1.82, 2.24) is 14.8 Å². The molecule has 1 aliphatic rings. The van der Waals surface area contributed by atoms with Crippen molar-refractivity contribution in [2.75, 3.05) is 21.3 Å². The molecule has 2 aromatic carbocycles. The molecule has 0 N–H and O–H groups in total. The first kappa shape index (κ1) is 21.0. The summed E-state index contributed by atoms with van der Waals surface area (Å²) in [6.07, 6.45) is 2.39. The van der Waals surface area contributed by atoms with E-state index in [4.69, 9.17) is 14.2 Å². The third-order valence-corrected chi connectivity index (χ3v) is 6.38. The number of nitrogens with zero attached hydrogens (tertiary/aromatic N) is 3. The molecule has 0 bridgehead atoms. The predicted molar refractivity (Wildman–Crippen MR) is 119 cm³/mol. The molecular weight excluding hydrogens is 414 g/mol. The number of ketones is 1. The number of allylic oxidation sites excluding steroid dienone is 1. The second-order valence-electron chi connectivity index (χ2n) is 6.97. The van der Waals surface area contributed by atoms with Gasteiger partial charge in [-0.3, -0.25) is 9.36 Å². The van der Waals surface area contributed by atoms with Crippen molar-refractivity contribution in [3.63, 3.8) is 0 Å². The lowest BCUT2D eigenvalue weighted by Crippen LogP contribution is -2.13. The Kier molecular flexibility index (Phi) is 5.99. The van der Waals surface area contributed by atoms with Crippen LogP contribution in [0.1, 0.15) is 15.9 Å². The van der Waals surface area contributed by atoms with Gasteiger partial charge < -0.3 is 14.2 Å². The number of aromatic nitrogens is 3. The summed E-state index contributed by atoms with van der Waals surface area (Å²) in [5.41, 5.74) is 2.53. The van der Waals surface area contributed by atoms with Gasteiger partial charge in [0.25, 0.3) is 0 Å². The molecule has 0 saturated heterocycles. The van der Waals surface area contributed by atoms with Crippen molar-refractivity contribution in [1.29, 1.82) is 0 Å². The first-order chi connectivity index (χ1) is 15.1. The van der Waals surface area contributed by atoms with Crippen LogP contribution in [0.15, 0.2) is 54.2 Å². The summed E-state index contributed by atoms with van der Waals surface area (Å²) in [6, 6.07) is 11.3. The maximum atomic E-state index is 13.1. The number of fused-ring (bicyclic) bond motifs is 1. The lowest BCUT2D eigenvalue weighted by Gasteiger charge is -2.10. The fourth-order valence-electron chi connectivity index (χ4n) is 3.63. The lowest BCUT2D eigenvalue weighted by molar-refractivity contribution is 0.1000. The van der Waals surface area contributed by atoms with Crippen LogP contribution >= 0.6 is 11.8 Å². The van der Waals surface area contributed by atoms with Crippen LogP contribution < -0.4 is 14.2 Å². The summed E-state index contributed by atoms with van der Waals surface area (Å²) in [5, 5.41) is 9.15. The average molecular weight is 438 g/mol. The van der Waals surface area contributed by atoms with Gasteiger partial charge >= 0.3 is 0 Å². The average Bonchev–Trinajstić information content (AvgIpc) is 3.33. The van der Waals surface area contributed by atoms with E-state index >= 15 is 0 Å². The molecule has 0 spiro atoms. The maximum absolute atomic E-state index is 13.1. The fraction of sp³-hybridized carbons (Fsp3) is 0.261. The highest BCUT2D eigenvalue weighted by Crippen LogP contribution is 2.40. The van der Waals surface area contributed by atoms with E-state index in [1.807, 2.05) is 34.9 Å². The molecule has 1 aromatic heterocycles. The van der Waals surface area contributed by atoms with Crippen LogP contribution in [0.5, 0.6) is 17.2 Å². The number of methoxy groups -OCH3 is 3. The monoisotopic (exact) mass is 437 g/mol. The number of thioether (sulfide) groups is 1. The second-order valence-corrected chi connectivity index (χ2v) is 8.14. The Bertz CT molecular complexity index is 1120. The van der Waals surface area contributed by atoms with Gasteiger partial charge in [-0.25, -0.2) is 0 Å². The molecule has 0 amide bonds. The molecule has 1 atom stereocenters. The summed E-state index contributed by atoms with van der Waals surface area (Å²) < 4.78 is 17.9. The SMILES string of the molecule is C=CCn1c(S[C@H]2Cc3cc(OC)c(OC)cc3C2=O)nnc1-c1ccc(OC)cc1. The van der Waals surface area contributed by atoms with Crippen molar-refractivity contribution < 1.29 is 19.0 Å². The van der Waals surface area contributed by atoms with E-state index < -0.39 is 0 Å². The van der Waals surface area contributed by atoms with Gasteiger partial charge in [-0.2, -0.15) is 0 Å². The zero-order valence-corrected chi connectivity index (χ0v) is 18.4. The lowest BCUT2D eigenvalue weighted by atomic mass is 10.1. The molecule has 7 nitrogen and oxygen atoms in total. The van der Waals surface area contributed by atoms with Crippen molar-refractivity contribution in [2.45, 2.75) is 23.4 Å². The Morgan fingerprint density at radius 2 is 1.81 bits per heavy atom. The van der Waals surface area contributed by atoms with Crippen molar-refractivity contribution in [3.8, 4) is 28.6 Å². The zero-order chi connectivity index (χ0) is 22.0. The Hall–Kier alpha value is -3.26. The highest BCUT2D eigenvalue weighted by molar-refractivity contribution is 8.00. The number of hydrogen-bond donors (Lipinski definition) is 0. The molecule has 0 radical (unpaired) electrons. The molecule has 0 saturated carbocycles. The molecule has 3 aromatic rings. The summed E-state index contributed by atoms with van der Waals surface area (Å²) in [5.74, 6) is 2.72. The molecule has 0 fully saturated rings. The van der Waals surface area contributed by atoms with E-state index in [0.717, 1.165) is 22.7 Å². The van der Waals surface area contributed by atoms with Crippen molar-refractivity contribution in [3.05, 3.63) is 60.2 Å². The van der Waals surface area contributed by atoms with Crippen molar-refractivity contribution in [2.24, 2.45) is 0 Å². The normalized spacial score (nSPS) is 14.9. The Labute approximate surface area is 185 Å². The highest BCUT2D eigenvalue weighted by atomic mass is 32.2. The minimum atomic E-state index is -0.289. The van der Waals surface area contributed by atoms with E-state index in [-0.39, 0.29) is 11.0 Å². The van der Waals surface area contributed by atoms with Gasteiger partial charge in [0, 0.05) is 17.7 Å². The number of benzene rings is 2. The van der Waals surface area contributed by atoms with Crippen LogP contribution in [0.25, 0.3) is 11.4 Å². The third-order valence-electron chi connectivity index (χ3n) is 5.20. The van der Waals surface area contributed by atoms with E-state index in [0.29, 0.717) is 35.2 Å². The van der Waals surface area contributed by atoms with Gasteiger partial charge in [-0.05, 0) is 48.4 Å². The number of Topliss-reactive ketones (excluding diaryl/α,β-unsaturated/α-hetero) is 1. The van der Waals surface area contributed by atoms with Crippen LogP contribution in [-0.4, -0.2) is 47.1 Å².